The van der Waals surface area contributed by atoms with Gasteiger partial charge < -0.3 is 19.5 Å². The van der Waals surface area contributed by atoms with Crippen molar-refractivity contribution in [1.82, 2.24) is 4.90 Å². The molecular formula is C23H22ClNO5. The van der Waals surface area contributed by atoms with Gasteiger partial charge in [-0.15, -0.1) is 0 Å². The summed E-state index contributed by atoms with van der Waals surface area (Å²) in [5.74, 6) is -0.989. The SMILES string of the molecule is COc1cccc([C@@H]2C(=C(O)c3ccc(Cl)cc3)C(=O)C(=O)N2C[C@@H]2CCCO2)c1. The van der Waals surface area contributed by atoms with E-state index in [1.54, 1.807) is 49.6 Å². The zero-order chi connectivity index (χ0) is 21.3. The molecule has 0 saturated carbocycles. The lowest BCUT2D eigenvalue weighted by molar-refractivity contribution is -0.140. The van der Waals surface area contributed by atoms with Gasteiger partial charge in [0.25, 0.3) is 11.7 Å². The van der Waals surface area contributed by atoms with Crippen LogP contribution >= 0.6 is 11.6 Å². The van der Waals surface area contributed by atoms with Crippen molar-refractivity contribution in [2.75, 3.05) is 20.3 Å². The quantitative estimate of drug-likeness (QED) is 0.444. The van der Waals surface area contributed by atoms with Gasteiger partial charge in [-0.3, -0.25) is 9.59 Å². The van der Waals surface area contributed by atoms with E-state index in [0.717, 1.165) is 12.8 Å². The van der Waals surface area contributed by atoms with Gasteiger partial charge in [0.05, 0.1) is 24.8 Å². The van der Waals surface area contributed by atoms with Crippen molar-refractivity contribution in [2.24, 2.45) is 0 Å². The Hall–Kier alpha value is -2.83. The number of carbonyl (C=O) groups excluding carboxylic acids is 2. The normalized spacial score (nSPS) is 23.2. The Bertz CT molecular complexity index is 995. The van der Waals surface area contributed by atoms with Gasteiger partial charge in [-0.05, 0) is 54.8 Å². The first-order chi connectivity index (χ1) is 14.5. The summed E-state index contributed by atoms with van der Waals surface area (Å²) in [4.78, 5) is 27.5. The number of aliphatic hydroxyl groups is 1. The summed E-state index contributed by atoms with van der Waals surface area (Å²) in [6.07, 6.45) is 1.61. The maximum absolute atomic E-state index is 13.0. The van der Waals surface area contributed by atoms with E-state index in [2.05, 4.69) is 0 Å². The zero-order valence-corrected chi connectivity index (χ0v) is 17.3. The third-order valence-corrected chi connectivity index (χ3v) is 5.74. The second-order valence-corrected chi connectivity index (χ2v) is 7.81. The number of aliphatic hydroxyl groups excluding tert-OH is 1. The van der Waals surface area contributed by atoms with Gasteiger partial charge in [0.15, 0.2) is 0 Å². The van der Waals surface area contributed by atoms with Crippen LogP contribution in [0.5, 0.6) is 5.75 Å². The minimum atomic E-state index is -0.736. The van der Waals surface area contributed by atoms with Crippen molar-refractivity contribution < 1.29 is 24.2 Å². The number of Topliss-reactive ketones (excluding diaryl/α,β-unsaturated/α-hetero) is 1. The predicted molar refractivity (Wildman–Crippen MR) is 112 cm³/mol. The number of rotatable bonds is 5. The highest BCUT2D eigenvalue weighted by molar-refractivity contribution is 6.46. The molecule has 30 heavy (non-hydrogen) atoms. The molecule has 0 aliphatic carbocycles. The van der Waals surface area contributed by atoms with E-state index in [1.807, 2.05) is 6.07 Å². The molecule has 6 nitrogen and oxygen atoms in total. The van der Waals surface area contributed by atoms with E-state index in [1.165, 1.54) is 4.90 Å². The highest BCUT2D eigenvalue weighted by Crippen LogP contribution is 2.41. The number of hydrogen-bond donors (Lipinski definition) is 1. The number of benzene rings is 2. The molecule has 0 aromatic heterocycles. The number of ketones is 1. The summed E-state index contributed by atoms with van der Waals surface area (Å²) in [5.41, 5.74) is 1.15. The molecule has 2 heterocycles. The first-order valence-electron chi connectivity index (χ1n) is 9.79. The first kappa shape index (κ1) is 20.4. The summed E-state index contributed by atoms with van der Waals surface area (Å²) in [6, 6.07) is 12.9. The van der Waals surface area contributed by atoms with Crippen LogP contribution in [0.3, 0.4) is 0 Å². The molecule has 2 aliphatic heterocycles. The average Bonchev–Trinajstić information content (AvgIpc) is 3.36. The molecule has 1 amide bonds. The smallest absolute Gasteiger partial charge is 0.295 e. The molecule has 2 fully saturated rings. The van der Waals surface area contributed by atoms with E-state index >= 15 is 0 Å². The summed E-state index contributed by atoms with van der Waals surface area (Å²) in [7, 11) is 1.55. The van der Waals surface area contributed by atoms with E-state index in [9.17, 15) is 14.7 Å². The molecule has 0 radical (unpaired) electrons. The van der Waals surface area contributed by atoms with Crippen molar-refractivity contribution in [3.63, 3.8) is 0 Å². The monoisotopic (exact) mass is 427 g/mol. The molecule has 2 aromatic rings. The van der Waals surface area contributed by atoms with Crippen LogP contribution in [-0.2, 0) is 14.3 Å². The van der Waals surface area contributed by atoms with Gasteiger partial charge >= 0.3 is 0 Å². The summed E-state index contributed by atoms with van der Waals surface area (Å²) >= 11 is 5.95. The number of amides is 1. The molecule has 0 spiro atoms. The van der Waals surface area contributed by atoms with Gasteiger partial charge in [0.2, 0.25) is 0 Å². The van der Waals surface area contributed by atoms with Crippen LogP contribution in [0.15, 0.2) is 54.1 Å². The molecule has 156 valence electrons. The fourth-order valence-corrected chi connectivity index (χ4v) is 4.12. The lowest BCUT2D eigenvalue weighted by Gasteiger charge is -2.27. The average molecular weight is 428 g/mol. The van der Waals surface area contributed by atoms with Crippen LogP contribution in [0.1, 0.15) is 30.0 Å². The van der Waals surface area contributed by atoms with Crippen LogP contribution in [0.25, 0.3) is 5.76 Å². The zero-order valence-electron chi connectivity index (χ0n) is 16.5. The Morgan fingerprint density at radius 1 is 1.23 bits per heavy atom. The van der Waals surface area contributed by atoms with Crippen LogP contribution in [-0.4, -0.2) is 48.1 Å². The number of ether oxygens (including phenoxy) is 2. The largest absolute Gasteiger partial charge is 0.507 e. The van der Waals surface area contributed by atoms with Gasteiger partial charge in [-0.25, -0.2) is 0 Å². The lowest BCUT2D eigenvalue weighted by Crippen LogP contribution is -2.36. The number of nitrogens with zero attached hydrogens (tertiary/aromatic N) is 1. The number of carbonyl (C=O) groups is 2. The molecule has 0 bridgehead atoms. The molecule has 0 unspecified atom stereocenters. The summed E-state index contributed by atoms with van der Waals surface area (Å²) in [6.45, 7) is 0.924. The highest BCUT2D eigenvalue weighted by Gasteiger charge is 2.47. The number of hydrogen-bond acceptors (Lipinski definition) is 5. The molecular weight excluding hydrogens is 406 g/mol. The lowest BCUT2D eigenvalue weighted by atomic mass is 9.95. The summed E-state index contributed by atoms with van der Waals surface area (Å²) in [5, 5.41) is 11.5. The molecule has 2 atom stereocenters. The van der Waals surface area contributed by atoms with E-state index in [-0.39, 0.29) is 24.0 Å². The van der Waals surface area contributed by atoms with E-state index in [4.69, 9.17) is 21.1 Å². The van der Waals surface area contributed by atoms with Gasteiger partial charge in [0, 0.05) is 23.7 Å². The van der Waals surface area contributed by atoms with Crippen LogP contribution < -0.4 is 4.74 Å². The minimum absolute atomic E-state index is 0.0496. The van der Waals surface area contributed by atoms with Crippen molar-refractivity contribution in [3.05, 3.63) is 70.3 Å². The van der Waals surface area contributed by atoms with Crippen molar-refractivity contribution in [3.8, 4) is 5.75 Å². The van der Waals surface area contributed by atoms with Gasteiger partial charge in [0.1, 0.15) is 11.5 Å². The van der Waals surface area contributed by atoms with Crippen LogP contribution in [0.2, 0.25) is 5.02 Å². The Morgan fingerprint density at radius 2 is 2.00 bits per heavy atom. The van der Waals surface area contributed by atoms with Crippen LogP contribution in [0.4, 0.5) is 0 Å². The maximum atomic E-state index is 13.0. The van der Waals surface area contributed by atoms with Gasteiger partial charge in [-0.1, -0.05) is 23.7 Å². The van der Waals surface area contributed by atoms with E-state index < -0.39 is 17.7 Å². The Morgan fingerprint density at radius 3 is 2.67 bits per heavy atom. The van der Waals surface area contributed by atoms with Crippen molar-refractivity contribution in [2.45, 2.75) is 25.0 Å². The first-order valence-corrected chi connectivity index (χ1v) is 10.2. The molecule has 7 heteroatoms. The molecule has 1 N–H and O–H groups in total. The second-order valence-electron chi connectivity index (χ2n) is 7.37. The minimum Gasteiger partial charge on any atom is -0.507 e. The predicted octanol–water partition coefficient (Wildman–Crippen LogP) is 3.95. The topological polar surface area (TPSA) is 76.1 Å². The molecule has 2 aliphatic rings. The fourth-order valence-electron chi connectivity index (χ4n) is 4.00. The highest BCUT2D eigenvalue weighted by atomic mass is 35.5. The molecule has 4 rings (SSSR count). The van der Waals surface area contributed by atoms with Crippen molar-refractivity contribution >= 4 is 29.1 Å². The van der Waals surface area contributed by atoms with Crippen molar-refractivity contribution in [1.29, 1.82) is 0 Å². The third-order valence-electron chi connectivity index (χ3n) is 5.49. The number of halogens is 1. The molecule has 2 aromatic carbocycles. The van der Waals surface area contributed by atoms with Gasteiger partial charge in [-0.2, -0.15) is 0 Å². The molecule has 2 saturated heterocycles. The fraction of sp³-hybridized carbons (Fsp3) is 0.304. The standard InChI is InChI=1S/C23H22ClNO5/c1-29-17-5-2-4-15(12-17)20-19(21(26)14-7-9-16(24)10-8-14)22(27)23(28)25(20)13-18-6-3-11-30-18/h2,4-5,7-10,12,18,20,26H,3,6,11,13H2,1H3/t18-,20+/m0/s1. The Kier molecular flexibility index (Phi) is 5.79. The Balaban J connectivity index is 1.83. The van der Waals surface area contributed by atoms with Crippen LogP contribution in [0, 0.1) is 0 Å². The number of likely N-dealkylation sites (tertiary alicyclic amines) is 1. The second kappa shape index (κ2) is 8.50. The Labute approximate surface area is 179 Å². The van der Waals surface area contributed by atoms with E-state index in [0.29, 0.717) is 28.5 Å². The third kappa shape index (κ3) is 3.80. The maximum Gasteiger partial charge on any atom is 0.295 e. The number of methoxy groups -OCH3 is 1. The summed E-state index contributed by atoms with van der Waals surface area (Å²) < 4.78 is 11.0.